The van der Waals surface area contributed by atoms with Crippen LogP contribution >= 0.6 is 0 Å². The molecular weight excluding hydrogens is 635 g/mol. The van der Waals surface area contributed by atoms with E-state index in [2.05, 4.69) is 33.8 Å². The zero-order valence-corrected chi connectivity index (χ0v) is 31.2. The van der Waals surface area contributed by atoms with Crippen molar-refractivity contribution in [2.24, 2.45) is 28.6 Å². The van der Waals surface area contributed by atoms with E-state index in [1.165, 1.54) is 18.2 Å². The lowest BCUT2D eigenvalue weighted by atomic mass is 9.45. The molecule has 0 heterocycles. The Hall–Kier alpha value is -2.52. The predicted molar refractivity (Wildman–Crippen MR) is 194 cm³/mol. The van der Waals surface area contributed by atoms with Crippen LogP contribution in [0, 0.1) is 28.6 Å². The Morgan fingerprint density at radius 2 is 1.76 bits per heavy atom. The lowest BCUT2D eigenvalue weighted by Crippen LogP contribution is -2.58. The van der Waals surface area contributed by atoms with E-state index in [0.29, 0.717) is 61.4 Å². The topological polar surface area (TPSA) is 104 Å². The number of benzene rings is 2. The number of hydrogen-bond donors (Lipinski definition) is 2. The molecule has 0 amide bonds. The summed E-state index contributed by atoms with van der Waals surface area (Å²) in [4.78, 5) is 14.3. The van der Waals surface area contributed by atoms with Gasteiger partial charge in [-0.3, -0.25) is 4.79 Å². The summed E-state index contributed by atoms with van der Waals surface area (Å²) in [7, 11) is -2.00. The summed E-state index contributed by atoms with van der Waals surface area (Å²) in [5.74, 6) is 1.91. The number of hydrogen-bond acceptors (Lipinski definition) is 6. The minimum absolute atomic E-state index is 0.0562. The Labute approximate surface area is 294 Å². The molecule has 0 saturated heterocycles. The molecule has 7 atom stereocenters. The van der Waals surface area contributed by atoms with Gasteiger partial charge in [0.2, 0.25) is 10.0 Å². The molecule has 0 spiro atoms. The van der Waals surface area contributed by atoms with Gasteiger partial charge in [-0.2, -0.15) is 4.31 Å². The molecule has 49 heavy (non-hydrogen) atoms. The minimum atomic E-state index is -3.60. The number of fused-ring (bicyclic) bond motifs is 10. The Bertz CT molecular complexity index is 1680. The van der Waals surface area contributed by atoms with Gasteiger partial charge in [0.25, 0.3) is 0 Å². The first-order valence-electron chi connectivity index (χ1n) is 18.4. The Balaban J connectivity index is 1.39. The van der Waals surface area contributed by atoms with Crippen LogP contribution < -0.4 is 4.74 Å². The number of sulfonamides is 1. The maximum atomic E-state index is 14.3. The van der Waals surface area contributed by atoms with Crippen LogP contribution in [0.5, 0.6) is 5.75 Å². The fourth-order valence-corrected chi connectivity index (χ4v) is 11.1. The average Bonchev–Trinajstić information content (AvgIpc) is 3.31. The number of carbonyl (C=O) groups is 1. The summed E-state index contributed by atoms with van der Waals surface area (Å²) in [6, 6.07) is 13.1. The molecule has 7 nitrogen and oxygen atoms in total. The van der Waals surface area contributed by atoms with Crippen LogP contribution in [-0.2, 0) is 16.4 Å². The van der Waals surface area contributed by atoms with Crippen LogP contribution in [-0.4, -0.2) is 66.9 Å². The molecule has 8 heteroatoms. The number of ketones is 1. The van der Waals surface area contributed by atoms with E-state index < -0.39 is 27.1 Å². The molecule has 0 radical (unpaired) electrons. The van der Waals surface area contributed by atoms with E-state index in [-0.39, 0.29) is 29.6 Å². The van der Waals surface area contributed by atoms with Gasteiger partial charge in [-0.05, 0) is 142 Å². The van der Waals surface area contributed by atoms with Crippen molar-refractivity contribution in [3.63, 3.8) is 0 Å². The van der Waals surface area contributed by atoms with Crippen LogP contribution in [0.3, 0.4) is 0 Å². The standard InChI is InChI=1S/C41H57NO6S/c1-27-8-7-20-40(4)36(19-21-41(40,45)26-42(49(6,46)47)25-30-11-14-31-24-37(30)39(31,2)3)34-18-10-28(22-32(43)15-9-27)23-35(34)38(44)29-12-16-33(48-5)17-13-29/h8,10,12-13,16-18,23,30-32,36-37,43,45H,7,9,11,14-15,19-22,24-26H2,1-6H3. The van der Waals surface area contributed by atoms with Gasteiger partial charge in [-0.15, -0.1) is 0 Å². The third-order valence-electron chi connectivity index (χ3n) is 13.6. The van der Waals surface area contributed by atoms with Gasteiger partial charge in [-0.1, -0.05) is 44.6 Å². The first kappa shape index (κ1) is 36.3. The number of carbonyl (C=O) groups excluding carboxylic acids is 1. The number of allylic oxidation sites excluding steroid dienone is 2. The van der Waals surface area contributed by atoms with Gasteiger partial charge in [-0.25, -0.2) is 8.42 Å². The van der Waals surface area contributed by atoms with Crippen molar-refractivity contribution in [2.45, 2.75) is 110 Å². The van der Waals surface area contributed by atoms with Crippen molar-refractivity contribution >= 4 is 15.8 Å². The largest absolute Gasteiger partial charge is 0.497 e. The Kier molecular flexibility index (Phi) is 10.0. The molecule has 2 aromatic rings. The average molecular weight is 692 g/mol. The first-order chi connectivity index (χ1) is 23.1. The van der Waals surface area contributed by atoms with Crippen molar-refractivity contribution in [3.05, 3.63) is 76.4 Å². The molecule has 6 aliphatic rings. The van der Waals surface area contributed by atoms with Crippen molar-refractivity contribution < 1.29 is 28.2 Å². The first-order valence-corrected chi connectivity index (χ1v) is 20.2. The molecule has 6 aliphatic carbocycles. The van der Waals surface area contributed by atoms with Crippen molar-refractivity contribution in [3.8, 4) is 5.75 Å². The van der Waals surface area contributed by atoms with E-state index in [1.807, 2.05) is 18.2 Å². The number of methoxy groups -OCH3 is 1. The van der Waals surface area contributed by atoms with E-state index in [1.54, 1.807) is 35.7 Å². The molecule has 4 saturated carbocycles. The highest BCUT2D eigenvalue weighted by Crippen LogP contribution is 2.62. The van der Waals surface area contributed by atoms with Gasteiger partial charge in [0.15, 0.2) is 5.78 Å². The highest BCUT2D eigenvalue weighted by atomic mass is 32.2. The normalized spacial score (nSPS) is 32.9. The van der Waals surface area contributed by atoms with Gasteiger partial charge in [0.1, 0.15) is 5.75 Å². The molecule has 268 valence electrons. The molecular formula is C41H57NO6S. The summed E-state index contributed by atoms with van der Waals surface area (Å²) >= 11 is 0. The second kappa shape index (κ2) is 13.6. The van der Waals surface area contributed by atoms with Gasteiger partial charge >= 0.3 is 0 Å². The van der Waals surface area contributed by atoms with Gasteiger partial charge < -0.3 is 14.9 Å². The van der Waals surface area contributed by atoms with Gasteiger partial charge in [0.05, 0.1) is 25.1 Å². The third-order valence-corrected chi connectivity index (χ3v) is 14.8. The molecule has 0 aromatic heterocycles. The lowest BCUT2D eigenvalue weighted by Gasteiger charge is -2.60. The minimum Gasteiger partial charge on any atom is -0.497 e. The second-order valence-electron chi connectivity index (χ2n) is 16.8. The summed E-state index contributed by atoms with van der Waals surface area (Å²) in [6.45, 7) is 9.39. The van der Waals surface area contributed by atoms with Crippen LogP contribution in [0.25, 0.3) is 0 Å². The molecule has 7 unspecified atom stereocenters. The summed E-state index contributed by atoms with van der Waals surface area (Å²) < 4.78 is 33.9. The number of ether oxygens (including phenoxy) is 1. The maximum Gasteiger partial charge on any atom is 0.211 e. The molecule has 0 aliphatic heterocycles. The van der Waals surface area contributed by atoms with Crippen molar-refractivity contribution in [1.82, 2.24) is 4.31 Å². The summed E-state index contributed by atoms with van der Waals surface area (Å²) in [5, 5.41) is 23.8. The Morgan fingerprint density at radius 1 is 1.02 bits per heavy atom. The molecule has 4 bridgehead atoms. The third kappa shape index (κ3) is 6.92. The molecule has 8 rings (SSSR count). The van der Waals surface area contributed by atoms with Crippen LogP contribution in [0.4, 0.5) is 0 Å². The van der Waals surface area contributed by atoms with E-state index in [4.69, 9.17) is 4.74 Å². The highest BCUT2D eigenvalue weighted by Gasteiger charge is 2.59. The number of rotatable bonds is 8. The van der Waals surface area contributed by atoms with Gasteiger partial charge in [0, 0.05) is 29.6 Å². The zero-order valence-electron chi connectivity index (χ0n) is 30.4. The second-order valence-corrected chi connectivity index (χ2v) is 18.7. The zero-order chi connectivity index (χ0) is 35.4. The SMILES string of the molecule is COc1ccc(C(=O)c2cc3ccc2C2CCC(O)(CN(CC4CCC5CC4C5(C)C)S(C)(=O)=O)C2(C)CCC=C(C)CCC(O)C3)cc1. The quantitative estimate of drug-likeness (QED) is 0.223. The van der Waals surface area contributed by atoms with E-state index >= 15 is 0 Å². The summed E-state index contributed by atoms with van der Waals surface area (Å²) in [5.41, 5.74) is 2.36. The summed E-state index contributed by atoms with van der Waals surface area (Å²) in [6.07, 6.45) is 10.6. The fraction of sp³-hybridized carbons (Fsp3) is 0.634. The van der Waals surface area contributed by atoms with Crippen molar-refractivity contribution in [2.75, 3.05) is 26.5 Å². The molecule has 2 N–H and O–H groups in total. The number of aliphatic hydroxyl groups excluding tert-OH is 1. The van der Waals surface area contributed by atoms with Crippen LogP contribution in [0.2, 0.25) is 0 Å². The van der Waals surface area contributed by atoms with Crippen molar-refractivity contribution in [1.29, 1.82) is 0 Å². The van der Waals surface area contributed by atoms with Crippen LogP contribution in [0.15, 0.2) is 54.1 Å². The van der Waals surface area contributed by atoms with E-state index in [9.17, 15) is 23.4 Å². The fourth-order valence-electron chi connectivity index (χ4n) is 10.1. The maximum absolute atomic E-state index is 14.3. The van der Waals surface area contributed by atoms with Crippen LogP contribution in [0.1, 0.15) is 118 Å². The monoisotopic (exact) mass is 691 g/mol. The number of aliphatic hydroxyl groups is 2. The highest BCUT2D eigenvalue weighted by molar-refractivity contribution is 7.88. The van der Waals surface area contributed by atoms with E-state index in [0.717, 1.165) is 42.7 Å². The number of nitrogens with zero attached hydrogens (tertiary/aromatic N) is 1. The predicted octanol–water partition coefficient (Wildman–Crippen LogP) is 7.30. The smallest absolute Gasteiger partial charge is 0.211 e. The Morgan fingerprint density at radius 3 is 2.41 bits per heavy atom. The molecule has 4 fully saturated rings. The lowest BCUT2D eigenvalue weighted by molar-refractivity contribution is -0.114. The molecule has 2 aromatic carbocycles.